The van der Waals surface area contributed by atoms with Crippen molar-refractivity contribution in [3.63, 3.8) is 0 Å². The highest BCUT2D eigenvalue weighted by Crippen LogP contribution is 2.31. The molecule has 0 amide bonds. The highest BCUT2D eigenvalue weighted by Gasteiger charge is 2.07. The van der Waals surface area contributed by atoms with Crippen LogP contribution >= 0.6 is 0 Å². The van der Waals surface area contributed by atoms with E-state index in [1.54, 1.807) is 0 Å². The van der Waals surface area contributed by atoms with Crippen molar-refractivity contribution in [2.75, 3.05) is 10.6 Å². The van der Waals surface area contributed by atoms with Crippen LogP contribution in [0.1, 0.15) is 0 Å². The van der Waals surface area contributed by atoms with Gasteiger partial charge in [0.1, 0.15) is 11.3 Å². The molecule has 0 saturated heterocycles. The third kappa shape index (κ3) is 3.85. The first kappa shape index (κ1) is 17.1. The van der Waals surface area contributed by atoms with Crippen molar-refractivity contribution < 1.29 is 4.42 Å². The summed E-state index contributed by atoms with van der Waals surface area (Å²) < 4.78 is 6.07. The van der Waals surface area contributed by atoms with Gasteiger partial charge < -0.3 is 15.1 Å². The Balaban J connectivity index is 1.37. The van der Waals surface area contributed by atoms with E-state index in [4.69, 9.17) is 4.42 Å². The van der Waals surface area contributed by atoms with E-state index in [1.807, 2.05) is 60.7 Å². The Morgan fingerprint density at radius 1 is 0.483 bits per heavy atom. The van der Waals surface area contributed by atoms with Crippen LogP contribution in [-0.2, 0) is 0 Å². The molecule has 0 spiro atoms. The fraction of sp³-hybridized carbons (Fsp3) is 0. The van der Waals surface area contributed by atoms with Crippen molar-refractivity contribution in [3.05, 3.63) is 109 Å². The van der Waals surface area contributed by atoms with Crippen LogP contribution in [0.4, 0.5) is 22.7 Å². The molecule has 5 aromatic rings. The Morgan fingerprint density at radius 2 is 1.03 bits per heavy atom. The number of nitrogens with one attached hydrogen (secondary N) is 2. The molecule has 0 atom stereocenters. The summed E-state index contributed by atoms with van der Waals surface area (Å²) in [5.74, 6) is 0.864. The Bertz CT molecular complexity index is 1230. The lowest BCUT2D eigenvalue weighted by atomic mass is 10.1. The molecule has 0 aliphatic heterocycles. The number of rotatable bonds is 5. The van der Waals surface area contributed by atoms with E-state index in [2.05, 4.69) is 59.2 Å². The molecule has 0 saturated carbocycles. The van der Waals surface area contributed by atoms with Crippen molar-refractivity contribution in [3.8, 4) is 11.3 Å². The van der Waals surface area contributed by atoms with E-state index in [1.165, 1.54) is 0 Å². The molecule has 2 N–H and O–H groups in total. The SMILES string of the molecule is c1ccc(Nc2ccc(-c3cc4cc(Nc5ccccc5)ccc4o3)cc2)cc1. The zero-order valence-electron chi connectivity index (χ0n) is 15.8. The minimum Gasteiger partial charge on any atom is -0.456 e. The summed E-state index contributed by atoms with van der Waals surface area (Å²) >= 11 is 0. The monoisotopic (exact) mass is 376 g/mol. The van der Waals surface area contributed by atoms with Crippen molar-refractivity contribution in [2.45, 2.75) is 0 Å². The molecule has 0 unspecified atom stereocenters. The average molecular weight is 376 g/mol. The summed E-state index contributed by atoms with van der Waals surface area (Å²) in [4.78, 5) is 0. The predicted molar refractivity (Wildman–Crippen MR) is 121 cm³/mol. The van der Waals surface area contributed by atoms with Gasteiger partial charge >= 0.3 is 0 Å². The van der Waals surface area contributed by atoms with Crippen LogP contribution in [0.25, 0.3) is 22.3 Å². The largest absolute Gasteiger partial charge is 0.456 e. The van der Waals surface area contributed by atoms with Crippen LogP contribution in [0.15, 0.2) is 114 Å². The lowest BCUT2D eigenvalue weighted by Gasteiger charge is -2.06. The van der Waals surface area contributed by atoms with Crippen LogP contribution in [-0.4, -0.2) is 0 Å². The maximum atomic E-state index is 6.07. The molecule has 0 radical (unpaired) electrons. The van der Waals surface area contributed by atoms with Crippen molar-refractivity contribution in [2.24, 2.45) is 0 Å². The van der Waals surface area contributed by atoms with Crippen molar-refractivity contribution >= 4 is 33.7 Å². The van der Waals surface area contributed by atoms with Crippen LogP contribution in [0.5, 0.6) is 0 Å². The van der Waals surface area contributed by atoms with Crippen LogP contribution in [0.3, 0.4) is 0 Å². The first-order valence-electron chi connectivity index (χ1n) is 9.62. The second kappa shape index (κ2) is 7.56. The van der Waals surface area contributed by atoms with Crippen LogP contribution in [0, 0.1) is 0 Å². The number of hydrogen-bond acceptors (Lipinski definition) is 3. The summed E-state index contributed by atoms with van der Waals surface area (Å²) in [6.45, 7) is 0. The molecule has 0 bridgehead atoms. The molecule has 140 valence electrons. The maximum absolute atomic E-state index is 6.07. The quantitative estimate of drug-likeness (QED) is 0.332. The number of anilines is 4. The van der Waals surface area contributed by atoms with Gasteiger partial charge in [-0.05, 0) is 72.8 Å². The summed E-state index contributed by atoms with van der Waals surface area (Å²) in [6.07, 6.45) is 0. The fourth-order valence-electron chi connectivity index (χ4n) is 3.36. The van der Waals surface area contributed by atoms with Gasteiger partial charge in [-0.1, -0.05) is 36.4 Å². The summed E-state index contributed by atoms with van der Waals surface area (Å²) in [5.41, 5.74) is 6.16. The lowest BCUT2D eigenvalue weighted by Crippen LogP contribution is -1.89. The van der Waals surface area contributed by atoms with Gasteiger partial charge in [0.2, 0.25) is 0 Å². The van der Waals surface area contributed by atoms with Crippen molar-refractivity contribution in [1.29, 1.82) is 0 Å². The third-order valence-corrected chi connectivity index (χ3v) is 4.81. The number of hydrogen-bond donors (Lipinski definition) is 2. The number of furan rings is 1. The van der Waals surface area contributed by atoms with Gasteiger partial charge in [-0.3, -0.25) is 0 Å². The molecule has 5 rings (SSSR count). The number of benzene rings is 4. The van der Waals surface area contributed by atoms with Crippen LogP contribution < -0.4 is 10.6 Å². The van der Waals surface area contributed by atoms with Gasteiger partial charge in [0, 0.05) is 33.7 Å². The molecule has 4 aromatic carbocycles. The Morgan fingerprint density at radius 3 is 1.69 bits per heavy atom. The zero-order chi connectivity index (χ0) is 19.5. The average Bonchev–Trinajstić information content (AvgIpc) is 3.19. The predicted octanol–water partition coefficient (Wildman–Crippen LogP) is 7.59. The van der Waals surface area contributed by atoms with Gasteiger partial charge in [0.05, 0.1) is 0 Å². The van der Waals surface area contributed by atoms with Gasteiger partial charge in [0.25, 0.3) is 0 Å². The lowest BCUT2D eigenvalue weighted by molar-refractivity contribution is 0.631. The molecule has 3 nitrogen and oxygen atoms in total. The highest BCUT2D eigenvalue weighted by atomic mass is 16.3. The highest BCUT2D eigenvalue weighted by molar-refractivity contribution is 5.86. The smallest absolute Gasteiger partial charge is 0.135 e. The maximum Gasteiger partial charge on any atom is 0.135 e. The number of para-hydroxylation sites is 2. The van der Waals surface area contributed by atoms with Gasteiger partial charge in [-0.25, -0.2) is 0 Å². The first-order valence-corrected chi connectivity index (χ1v) is 9.62. The van der Waals surface area contributed by atoms with E-state index < -0.39 is 0 Å². The first-order chi connectivity index (χ1) is 14.3. The normalized spacial score (nSPS) is 10.8. The van der Waals surface area contributed by atoms with E-state index in [9.17, 15) is 0 Å². The van der Waals surface area contributed by atoms with E-state index in [0.29, 0.717) is 0 Å². The number of fused-ring (bicyclic) bond motifs is 1. The minimum absolute atomic E-state index is 0.864. The molecule has 1 aromatic heterocycles. The van der Waals surface area contributed by atoms with Crippen LogP contribution in [0.2, 0.25) is 0 Å². The fourth-order valence-corrected chi connectivity index (χ4v) is 3.36. The Kier molecular flexibility index (Phi) is 4.47. The summed E-state index contributed by atoms with van der Waals surface area (Å²) in [6, 6.07) is 36.8. The molecule has 3 heteroatoms. The van der Waals surface area contributed by atoms with Gasteiger partial charge in [-0.15, -0.1) is 0 Å². The van der Waals surface area contributed by atoms with Gasteiger partial charge in [-0.2, -0.15) is 0 Å². The summed E-state index contributed by atoms with van der Waals surface area (Å²) in [7, 11) is 0. The molecule has 1 heterocycles. The van der Waals surface area contributed by atoms with E-state index >= 15 is 0 Å². The molecular weight excluding hydrogens is 356 g/mol. The topological polar surface area (TPSA) is 37.2 Å². The minimum atomic E-state index is 0.864. The van der Waals surface area contributed by atoms with E-state index in [0.717, 1.165) is 45.0 Å². The van der Waals surface area contributed by atoms with Crippen molar-refractivity contribution in [1.82, 2.24) is 0 Å². The zero-order valence-corrected chi connectivity index (χ0v) is 15.8. The molecule has 29 heavy (non-hydrogen) atoms. The second-order valence-electron chi connectivity index (χ2n) is 6.92. The molecule has 0 aliphatic carbocycles. The third-order valence-electron chi connectivity index (χ3n) is 4.81. The molecule has 0 fully saturated rings. The molecular formula is C26H20N2O. The second-order valence-corrected chi connectivity index (χ2v) is 6.92. The summed E-state index contributed by atoms with van der Waals surface area (Å²) in [5, 5.41) is 7.90. The molecule has 0 aliphatic rings. The van der Waals surface area contributed by atoms with Gasteiger partial charge in [0.15, 0.2) is 0 Å². The Labute approximate surface area is 169 Å². The Hall–Kier alpha value is -3.98. The van der Waals surface area contributed by atoms with E-state index in [-0.39, 0.29) is 0 Å². The standard InChI is InChI=1S/C26H20N2O/c1-3-7-21(8-4-1)27-23-13-11-19(12-14-23)26-18-20-17-24(15-16-25(20)29-26)28-22-9-5-2-6-10-22/h1-18,27-28H.